The maximum absolute atomic E-state index is 5.72. The number of hydrogen-bond acceptors (Lipinski definition) is 6. The highest BCUT2D eigenvalue weighted by molar-refractivity contribution is 9.10. The molecule has 0 aromatic carbocycles. The second-order valence-electron chi connectivity index (χ2n) is 3.18. The molecule has 0 fully saturated rings. The number of nitrogens with zero attached hydrogens (tertiary/aromatic N) is 4. The van der Waals surface area contributed by atoms with Crippen molar-refractivity contribution in [2.45, 2.75) is 13.5 Å². The van der Waals surface area contributed by atoms with E-state index in [9.17, 15) is 0 Å². The summed E-state index contributed by atoms with van der Waals surface area (Å²) in [5.74, 6) is 1.28. The van der Waals surface area contributed by atoms with Crippen LogP contribution in [0.4, 0.5) is 11.5 Å². The quantitative estimate of drug-likeness (QED) is 0.772. The van der Waals surface area contributed by atoms with Crippen molar-refractivity contribution in [3.63, 3.8) is 0 Å². The van der Waals surface area contributed by atoms with Crippen LogP contribution >= 0.6 is 15.9 Å². The van der Waals surface area contributed by atoms with Gasteiger partial charge in [-0.2, -0.15) is 5.21 Å². The van der Waals surface area contributed by atoms with E-state index in [4.69, 9.17) is 5.73 Å². The Morgan fingerprint density at radius 3 is 3.06 bits per heavy atom. The Balaban J connectivity index is 2.13. The largest absolute Gasteiger partial charge is 0.397 e. The number of H-pyrrole nitrogens is 1. The molecule has 2 aromatic rings. The minimum Gasteiger partial charge on any atom is -0.397 e. The van der Waals surface area contributed by atoms with Crippen LogP contribution < -0.4 is 11.1 Å². The molecule has 2 rings (SSSR count). The van der Waals surface area contributed by atoms with Crippen LogP contribution in [0.1, 0.15) is 11.4 Å². The predicted molar refractivity (Wildman–Crippen MR) is 62.6 cm³/mol. The van der Waals surface area contributed by atoms with Crippen molar-refractivity contribution in [1.29, 1.82) is 0 Å². The molecule has 0 radical (unpaired) electrons. The van der Waals surface area contributed by atoms with Crippen LogP contribution in [-0.2, 0) is 6.54 Å². The molecule has 2 heterocycles. The number of aromatic nitrogens is 5. The monoisotopic (exact) mass is 283 g/mol. The number of nitrogens with one attached hydrogen (secondary N) is 2. The lowest BCUT2D eigenvalue weighted by Crippen LogP contribution is -2.05. The summed E-state index contributed by atoms with van der Waals surface area (Å²) in [5, 5.41) is 16.6. The summed E-state index contributed by atoms with van der Waals surface area (Å²) in [4.78, 5) is 4.17. The third-order valence-corrected chi connectivity index (χ3v) is 3.08. The molecule has 4 N–H and O–H groups in total. The number of rotatable bonds is 3. The van der Waals surface area contributed by atoms with Crippen LogP contribution in [0.15, 0.2) is 10.7 Å². The lowest BCUT2D eigenvalue weighted by atomic mass is 10.2. The summed E-state index contributed by atoms with van der Waals surface area (Å²) in [6.07, 6.45) is 1.61. The van der Waals surface area contributed by atoms with Gasteiger partial charge in [-0.05, 0) is 28.4 Å². The van der Waals surface area contributed by atoms with Crippen LogP contribution in [0, 0.1) is 6.92 Å². The highest BCUT2D eigenvalue weighted by atomic mass is 79.9. The van der Waals surface area contributed by atoms with Gasteiger partial charge in [-0.1, -0.05) is 5.21 Å². The number of anilines is 2. The zero-order chi connectivity index (χ0) is 11.5. The van der Waals surface area contributed by atoms with Crippen molar-refractivity contribution in [2.75, 3.05) is 11.1 Å². The molecule has 0 unspecified atom stereocenters. The lowest BCUT2D eigenvalue weighted by molar-refractivity contribution is 0.881. The zero-order valence-electron chi connectivity index (χ0n) is 8.53. The maximum Gasteiger partial charge on any atom is 0.193 e. The first-order valence-electron chi connectivity index (χ1n) is 4.55. The van der Waals surface area contributed by atoms with Crippen LogP contribution in [0.25, 0.3) is 0 Å². The third kappa shape index (κ3) is 2.11. The highest BCUT2D eigenvalue weighted by Crippen LogP contribution is 2.27. The van der Waals surface area contributed by atoms with Gasteiger partial charge in [-0.3, -0.25) is 0 Å². The van der Waals surface area contributed by atoms with Crippen LogP contribution in [0.2, 0.25) is 0 Å². The molecule has 0 spiro atoms. The van der Waals surface area contributed by atoms with Gasteiger partial charge in [0.25, 0.3) is 0 Å². The first-order valence-corrected chi connectivity index (χ1v) is 5.34. The van der Waals surface area contributed by atoms with Gasteiger partial charge in [-0.25, -0.2) is 4.98 Å². The van der Waals surface area contributed by atoms with E-state index < -0.39 is 0 Å². The topological polar surface area (TPSA) is 105 Å². The number of hydrogen-bond donors (Lipinski definition) is 3. The van der Waals surface area contributed by atoms with Crippen molar-refractivity contribution in [3.05, 3.63) is 22.1 Å². The van der Waals surface area contributed by atoms with Crippen molar-refractivity contribution in [2.24, 2.45) is 0 Å². The molecular formula is C8H10BrN7. The van der Waals surface area contributed by atoms with Gasteiger partial charge in [0.05, 0.1) is 22.9 Å². The maximum atomic E-state index is 5.72. The van der Waals surface area contributed by atoms with Crippen molar-refractivity contribution < 1.29 is 0 Å². The van der Waals surface area contributed by atoms with Crippen LogP contribution in [-0.4, -0.2) is 25.6 Å². The average Bonchev–Trinajstić information content (AvgIpc) is 2.78. The van der Waals surface area contributed by atoms with E-state index in [0.29, 0.717) is 23.9 Å². The summed E-state index contributed by atoms with van der Waals surface area (Å²) < 4.78 is 0.844. The fourth-order valence-corrected chi connectivity index (χ4v) is 1.61. The Kier molecular flexibility index (Phi) is 3.00. The fourth-order valence-electron chi connectivity index (χ4n) is 1.14. The Labute approximate surface area is 100.0 Å². The summed E-state index contributed by atoms with van der Waals surface area (Å²) in [5.41, 5.74) is 7.32. The number of nitrogen functional groups attached to an aromatic ring is 1. The summed E-state index contributed by atoms with van der Waals surface area (Å²) in [6.45, 7) is 2.37. The Morgan fingerprint density at radius 2 is 2.38 bits per heavy atom. The molecular weight excluding hydrogens is 274 g/mol. The number of tetrazole rings is 1. The molecule has 0 atom stereocenters. The van der Waals surface area contributed by atoms with Gasteiger partial charge >= 0.3 is 0 Å². The van der Waals surface area contributed by atoms with E-state index in [1.807, 2.05) is 6.92 Å². The third-order valence-electron chi connectivity index (χ3n) is 2.11. The molecule has 0 aliphatic carbocycles. The minimum absolute atomic E-state index is 0.450. The number of pyridine rings is 1. The lowest BCUT2D eigenvalue weighted by Gasteiger charge is -2.09. The molecule has 0 saturated heterocycles. The van der Waals surface area contributed by atoms with E-state index >= 15 is 0 Å². The predicted octanol–water partition coefficient (Wildman–Crippen LogP) is 0.860. The van der Waals surface area contributed by atoms with Crippen molar-refractivity contribution in [1.82, 2.24) is 25.6 Å². The molecule has 84 valence electrons. The van der Waals surface area contributed by atoms with Gasteiger partial charge in [-0.15, -0.1) is 10.2 Å². The fraction of sp³-hybridized carbons (Fsp3) is 0.250. The number of aromatic amines is 1. The molecule has 8 heteroatoms. The summed E-state index contributed by atoms with van der Waals surface area (Å²) in [7, 11) is 0. The molecule has 0 aliphatic rings. The summed E-state index contributed by atoms with van der Waals surface area (Å²) in [6, 6.07) is 0. The molecule has 2 aromatic heterocycles. The van der Waals surface area contributed by atoms with E-state index in [0.717, 1.165) is 10.0 Å². The van der Waals surface area contributed by atoms with Crippen molar-refractivity contribution in [3.8, 4) is 0 Å². The Hall–Kier alpha value is -1.70. The van der Waals surface area contributed by atoms with E-state index in [1.165, 1.54) is 0 Å². The summed E-state index contributed by atoms with van der Waals surface area (Å²) >= 11 is 3.43. The normalized spacial score (nSPS) is 10.4. The average molecular weight is 284 g/mol. The zero-order valence-corrected chi connectivity index (χ0v) is 10.1. The first kappa shape index (κ1) is 10.8. The number of halogens is 1. The standard InChI is InChI=1S/C8H10BrN7/c1-4-5(10)2-11-8(7(4)9)12-3-6-13-15-16-14-6/h2H,3,10H2,1H3,(H,11,12)(H,13,14,15,16). The van der Waals surface area contributed by atoms with E-state index in [-0.39, 0.29) is 0 Å². The van der Waals surface area contributed by atoms with Crippen molar-refractivity contribution >= 4 is 27.4 Å². The van der Waals surface area contributed by atoms with Crippen LogP contribution in [0.5, 0.6) is 0 Å². The van der Waals surface area contributed by atoms with Gasteiger partial charge in [0, 0.05) is 0 Å². The molecule has 0 aliphatic heterocycles. The van der Waals surface area contributed by atoms with Gasteiger partial charge in [0.15, 0.2) is 5.82 Å². The Morgan fingerprint density at radius 1 is 1.56 bits per heavy atom. The molecule has 0 amide bonds. The van der Waals surface area contributed by atoms with Gasteiger partial charge < -0.3 is 11.1 Å². The smallest absolute Gasteiger partial charge is 0.193 e. The van der Waals surface area contributed by atoms with Gasteiger partial charge in [0.2, 0.25) is 0 Å². The van der Waals surface area contributed by atoms with Crippen LogP contribution in [0.3, 0.4) is 0 Å². The molecule has 0 saturated carbocycles. The first-order chi connectivity index (χ1) is 7.68. The highest BCUT2D eigenvalue weighted by Gasteiger charge is 2.07. The number of nitrogens with two attached hydrogens (primary N) is 1. The molecule has 7 nitrogen and oxygen atoms in total. The Bertz CT molecular complexity index is 481. The molecule has 16 heavy (non-hydrogen) atoms. The molecule has 0 bridgehead atoms. The van der Waals surface area contributed by atoms with E-state index in [2.05, 4.69) is 46.9 Å². The second kappa shape index (κ2) is 4.44. The van der Waals surface area contributed by atoms with E-state index in [1.54, 1.807) is 6.20 Å². The SMILES string of the molecule is Cc1c(N)cnc(NCc2nn[nH]n2)c1Br. The minimum atomic E-state index is 0.450. The second-order valence-corrected chi connectivity index (χ2v) is 3.98. The van der Waals surface area contributed by atoms with Gasteiger partial charge in [0.1, 0.15) is 5.82 Å².